The molecule has 6 heteroatoms. The Balaban J connectivity index is 1.38. The first-order chi connectivity index (χ1) is 11.4. The number of nitrogens with zero attached hydrogens (tertiary/aromatic N) is 2. The number of aromatic nitrogens is 2. The Hall–Kier alpha value is -1.92. The molecule has 4 rings (SSSR count). The molecule has 23 heavy (non-hydrogen) atoms. The van der Waals surface area contributed by atoms with Crippen LogP contribution in [0.4, 0.5) is 6.01 Å². The van der Waals surface area contributed by atoms with Crippen LogP contribution in [0.1, 0.15) is 41.3 Å². The number of hydrogen-bond donors (Lipinski definition) is 1. The third-order valence-electron chi connectivity index (χ3n) is 4.52. The molecule has 3 heterocycles. The van der Waals surface area contributed by atoms with E-state index in [1.165, 1.54) is 16.7 Å². The van der Waals surface area contributed by atoms with Crippen LogP contribution in [0, 0.1) is 0 Å². The van der Waals surface area contributed by atoms with Crippen molar-refractivity contribution in [2.45, 2.75) is 38.3 Å². The molecule has 1 N–H and O–H groups in total. The van der Waals surface area contributed by atoms with Gasteiger partial charge < -0.3 is 19.3 Å². The Kier molecular flexibility index (Phi) is 4.26. The first kappa shape index (κ1) is 14.7. The summed E-state index contributed by atoms with van der Waals surface area (Å²) in [6.45, 7) is 3.77. The number of benzene rings is 1. The number of anilines is 1. The van der Waals surface area contributed by atoms with E-state index in [0.29, 0.717) is 18.5 Å². The molecule has 1 aromatic heterocycles. The summed E-state index contributed by atoms with van der Waals surface area (Å²) in [6.07, 6.45) is 2.91. The fourth-order valence-electron chi connectivity index (χ4n) is 3.13. The van der Waals surface area contributed by atoms with E-state index in [2.05, 4.69) is 33.7 Å². The highest BCUT2D eigenvalue weighted by atomic mass is 16.5. The molecule has 122 valence electrons. The van der Waals surface area contributed by atoms with Gasteiger partial charge in [0, 0.05) is 25.7 Å². The third kappa shape index (κ3) is 3.38. The lowest BCUT2D eigenvalue weighted by atomic mass is 10.00. The molecule has 2 aliphatic rings. The van der Waals surface area contributed by atoms with Gasteiger partial charge in [0.05, 0.1) is 13.2 Å². The normalized spacial score (nSPS) is 18.6. The summed E-state index contributed by atoms with van der Waals surface area (Å²) < 4.78 is 16.2. The molecule has 0 spiro atoms. The molecular weight excluding hydrogens is 294 g/mol. The number of ether oxygens (including phenoxy) is 2. The summed E-state index contributed by atoms with van der Waals surface area (Å²) in [5, 5.41) is 7.33. The van der Waals surface area contributed by atoms with Crippen LogP contribution in [0.2, 0.25) is 0 Å². The van der Waals surface area contributed by atoms with E-state index in [4.69, 9.17) is 14.0 Å². The smallest absolute Gasteiger partial charge is 0.321 e. The van der Waals surface area contributed by atoms with E-state index in [0.717, 1.165) is 51.5 Å². The van der Waals surface area contributed by atoms with Crippen LogP contribution < -0.4 is 5.32 Å². The van der Waals surface area contributed by atoms with Crippen molar-refractivity contribution in [2.24, 2.45) is 0 Å². The zero-order chi connectivity index (χ0) is 15.5. The van der Waals surface area contributed by atoms with Crippen molar-refractivity contribution < 1.29 is 14.0 Å². The molecule has 1 aromatic carbocycles. The minimum absolute atomic E-state index is 0.354. The molecule has 0 radical (unpaired) electrons. The molecule has 6 nitrogen and oxygen atoms in total. The first-order valence-corrected chi connectivity index (χ1v) is 8.22. The standard InChI is InChI=1S/C17H21N3O3/c1-2-15-11-22-8-5-14(15)9-12(1)10-18-17-19-16(20-23-17)13-3-6-21-7-4-13/h1-2,9,13H,3-8,10-11H2,(H,18,19,20). The second kappa shape index (κ2) is 6.68. The van der Waals surface area contributed by atoms with E-state index in [-0.39, 0.29) is 0 Å². The summed E-state index contributed by atoms with van der Waals surface area (Å²) in [5.74, 6) is 1.14. The van der Waals surface area contributed by atoms with Gasteiger partial charge in [-0.3, -0.25) is 0 Å². The van der Waals surface area contributed by atoms with Gasteiger partial charge in [-0.2, -0.15) is 4.98 Å². The van der Waals surface area contributed by atoms with Crippen LogP contribution in [0.25, 0.3) is 0 Å². The van der Waals surface area contributed by atoms with Gasteiger partial charge in [0.15, 0.2) is 5.82 Å². The highest BCUT2D eigenvalue weighted by Crippen LogP contribution is 2.25. The van der Waals surface area contributed by atoms with Crippen molar-refractivity contribution in [3.05, 3.63) is 40.7 Å². The highest BCUT2D eigenvalue weighted by molar-refractivity contribution is 5.34. The second-order valence-corrected chi connectivity index (χ2v) is 6.10. The van der Waals surface area contributed by atoms with Crippen LogP contribution in [0.5, 0.6) is 0 Å². The van der Waals surface area contributed by atoms with Crippen molar-refractivity contribution in [2.75, 3.05) is 25.1 Å². The summed E-state index contributed by atoms with van der Waals surface area (Å²) in [7, 11) is 0. The van der Waals surface area contributed by atoms with E-state index in [1.807, 2.05) is 0 Å². The quantitative estimate of drug-likeness (QED) is 0.935. The SMILES string of the molecule is c1cc2c(cc1CNc1nc(C3CCOCC3)no1)CCOC2. The van der Waals surface area contributed by atoms with Gasteiger partial charge in [-0.15, -0.1) is 0 Å². The second-order valence-electron chi connectivity index (χ2n) is 6.10. The van der Waals surface area contributed by atoms with E-state index < -0.39 is 0 Å². The maximum Gasteiger partial charge on any atom is 0.321 e. The van der Waals surface area contributed by atoms with Crippen molar-refractivity contribution in [3.63, 3.8) is 0 Å². The predicted octanol–water partition coefficient (Wildman–Crippen LogP) is 2.65. The van der Waals surface area contributed by atoms with Crippen LogP contribution in [-0.4, -0.2) is 30.0 Å². The van der Waals surface area contributed by atoms with E-state index in [9.17, 15) is 0 Å². The van der Waals surface area contributed by atoms with Crippen molar-refractivity contribution in [3.8, 4) is 0 Å². The summed E-state index contributed by atoms with van der Waals surface area (Å²) in [6, 6.07) is 7.00. The topological polar surface area (TPSA) is 69.4 Å². The molecule has 0 aliphatic carbocycles. The van der Waals surface area contributed by atoms with Crippen LogP contribution in [0.3, 0.4) is 0 Å². The zero-order valence-corrected chi connectivity index (χ0v) is 13.1. The number of fused-ring (bicyclic) bond motifs is 1. The van der Waals surface area contributed by atoms with Gasteiger partial charge in [-0.05, 0) is 36.0 Å². The third-order valence-corrected chi connectivity index (χ3v) is 4.52. The molecular formula is C17H21N3O3. The molecule has 0 atom stereocenters. The lowest BCUT2D eigenvalue weighted by Crippen LogP contribution is -2.15. The van der Waals surface area contributed by atoms with Crippen LogP contribution in [0.15, 0.2) is 22.7 Å². The van der Waals surface area contributed by atoms with Gasteiger partial charge in [0.2, 0.25) is 0 Å². The maximum absolute atomic E-state index is 5.47. The zero-order valence-electron chi connectivity index (χ0n) is 13.1. The largest absolute Gasteiger partial charge is 0.381 e. The fourth-order valence-corrected chi connectivity index (χ4v) is 3.13. The molecule has 0 saturated carbocycles. The van der Waals surface area contributed by atoms with Crippen molar-refractivity contribution in [1.82, 2.24) is 10.1 Å². The number of nitrogens with one attached hydrogen (secondary N) is 1. The Morgan fingerprint density at radius 1 is 1.09 bits per heavy atom. The summed E-state index contributed by atoms with van der Waals surface area (Å²) in [5.41, 5.74) is 3.89. The summed E-state index contributed by atoms with van der Waals surface area (Å²) >= 11 is 0. The van der Waals surface area contributed by atoms with Crippen LogP contribution in [-0.2, 0) is 29.0 Å². The average Bonchev–Trinajstić information content (AvgIpc) is 3.10. The average molecular weight is 315 g/mol. The molecule has 2 aromatic rings. The van der Waals surface area contributed by atoms with E-state index in [1.54, 1.807) is 0 Å². The first-order valence-electron chi connectivity index (χ1n) is 8.22. The molecule has 1 fully saturated rings. The molecule has 0 unspecified atom stereocenters. The lowest BCUT2D eigenvalue weighted by Gasteiger charge is -2.18. The molecule has 1 saturated heterocycles. The Morgan fingerprint density at radius 3 is 2.91 bits per heavy atom. The summed E-state index contributed by atoms with van der Waals surface area (Å²) in [4.78, 5) is 4.47. The van der Waals surface area contributed by atoms with Crippen LogP contribution >= 0.6 is 0 Å². The fraction of sp³-hybridized carbons (Fsp3) is 0.529. The Morgan fingerprint density at radius 2 is 2.00 bits per heavy atom. The maximum atomic E-state index is 5.47. The number of hydrogen-bond acceptors (Lipinski definition) is 6. The number of rotatable bonds is 4. The van der Waals surface area contributed by atoms with Crippen molar-refractivity contribution in [1.29, 1.82) is 0 Å². The van der Waals surface area contributed by atoms with E-state index >= 15 is 0 Å². The Bertz CT molecular complexity index is 665. The van der Waals surface area contributed by atoms with Gasteiger partial charge in [-0.25, -0.2) is 0 Å². The van der Waals surface area contributed by atoms with Gasteiger partial charge >= 0.3 is 6.01 Å². The minimum Gasteiger partial charge on any atom is -0.381 e. The Labute approximate surface area is 135 Å². The van der Waals surface area contributed by atoms with Crippen molar-refractivity contribution >= 4 is 6.01 Å². The monoisotopic (exact) mass is 315 g/mol. The van der Waals surface area contributed by atoms with Gasteiger partial charge in [-0.1, -0.05) is 23.4 Å². The molecule has 2 aliphatic heterocycles. The lowest BCUT2D eigenvalue weighted by molar-refractivity contribution is 0.0830. The molecule has 0 bridgehead atoms. The molecule has 0 amide bonds. The van der Waals surface area contributed by atoms with Gasteiger partial charge in [0.1, 0.15) is 0 Å². The minimum atomic E-state index is 0.354. The highest BCUT2D eigenvalue weighted by Gasteiger charge is 2.21. The predicted molar refractivity (Wildman–Crippen MR) is 84.2 cm³/mol. The van der Waals surface area contributed by atoms with Gasteiger partial charge in [0.25, 0.3) is 0 Å².